The Hall–Kier alpha value is -1.40. The first-order valence-corrected chi connectivity index (χ1v) is 7.90. The van der Waals surface area contributed by atoms with Gasteiger partial charge in [0.2, 0.25) is 0 Å². The molecule has 2 unspecified atom stereocenters. The predicted octanol–water partition coefficient (Wildman–Crippen LogP) is 3.85. The highest BCUT2D eigenvalue weighted by Gasteiger charge is 2.29. The highest BCUT2D eigenvalue weighted by Crippen LogP contribution is 2.41. The van der Waals surface area contributed by atoms with Crippen LogP contribution in [0.15, 0.2) is 47.4 Å². The summed E-state index contributed by atoms with van der Waals surface area (Å²) in [5.41, 5.74) is 6.96. The number of carboxylic acids is 1. The molecule has 22 heavy (non-hydrogen) atoms. The van der Waals surface area contributed by atoms with Gasteiger partial charge in [-0.3, -0.25) is 0 Å². The molecular formula is C15H13Cl2NO3S. The highest BCUT2D eigenvalue weighted by molar-refractivity contribution is 7.99. The van der Waals surface area contributed by atoms with Crippen LogP contribution in [0.4, 0.5) is 5.69 Å². The number of carbonyl (C=O) groups is 1. The molecule has 2 rings (SSSR count). The van der Waals surface area contributed by atoms with Gasteiger partial charge in [0.15, 0.2) is 6.10 Å². The fourth-order valence-electron chi connectivity index (χ4n) is 1.86. The first-order chi connectivity index (χ1) is 10.4. The lowest BCUT2D eigenvalue weighted by Crippen LogP contribution is -2.26. The van der Waals surface area contributed by atoms with Crippen LogP contribution < -0.4 is 5.73 Å². The van der Waals surface area contributed by atoms with Crippen LogP contribution >= 0.6 is 35.0 Å². The van der Waals surface area contributed by atoms with Gasteiger partial charge in [-0.15, -0.1) is 11.8 Å². The molecule has 0 bridgehead atoms. The van der Waals surface area contributed by atoms with Gasteiger partial charge in [0.05, 0.1) is 5.25 Å². The molecule has 2 aromatic carbocycles. The Labute approximate surface area is 141 Å². The van der Waals surface area contributed by atoms with Gasteiger partial charge in [-0.2, -0.15) is 0 Å². The van der Waals surface area contributed by atoms with Gasteiger partial charge in [0, 0.05) is 20.6 Å². The fourth-order valence-corrected chi connectivity index (χ4v) is 3.32. The van der Waals surface area contributed by atoms with E-state index in [0.29, 0.717) is 26.2 Å². The van der Waals surface area contributed by atoms with Crippen LogP contribution in [0.25, 0.3) is 0 Å². The summed E-state index contributed by atoms with van der Waals surface area (Å²) in [4.78, 5) is 11.8. The maximum Gasteiger partial charge on any atom is 0.334 e. The SMILES string of the molecule is Nc1cc(Cl)ccc1SC(c1ccc(Cl)cc1)C(O)C(=O)O. The van der Waals surface area contributed by atoms with Crippen LogP contribution in [0.5, 0.6) is 0 Å². The van der Waals surface area contributed by atoms with E-state index in [-0.39, 0.29) is 0 Å². The minimum atomic E-state index is -1.58. The highest BCUT2D eigenvalue weighted by atomic mass is 35.5. The first-order valence-electron chi connectivity index (χ1n) is 6.26. The minimum absolute atomic E-state index is 0.425. The van der Waals surface area contributed by atoms with Crippen molar-refractivity contribution in [3.63, 3.8) is 0 Å². The van der Waals surface area contributed by atoms with E-state index in [1.807, 2.05) is 0 Å². The minimum Gasteiger partial charge on any atom is -0.479 e. The fraction of sp³-hybridized carbons (Fsp3) is 0.133. The monoisotopic (exact) mass is 357 g/mol. The Morgan fingerprint density at radius 3 is 2.23 bits per heavy atom. The number of hydrogen-bond donors (Lipinski definition) is 3. The molecule has 116 valence electrons. The molecule has 0 saturated carbocycles. The average Bonchev–Trinajstić information content (AvgIpc) is 2.47. The molecule has 0 fully saturated rings. The summed E-state index contributed by atoms with van der Waals surface area (Å²) in [6.45, 7) is 0. The first kappa shape index (κ1) is 17.0. The topological polar surface area (TPSA) is 83.5 Å². The zero-order valence-corrected chi connectivity index (χ0v) is 13.6. The Morgan fingerprint density at radius 1 is 1.09 bits per heavy atom. The third-order valence-corrected chi connectivity index (χ3v) is 4.86. The number of anilines is 1. The van der Waals surface area contributed by atoms with Crippen molar-refractivity contribution in [3.05, 3.63) is 58.1 Å². The maximum absolute atomic E-state index is 11.2. The summed E-state index contributed by atoms with van der Waals surface area (Å²) in [7, 11) is 0. The Balaban J connectivity index is 2.36. The van der Waals surface area contributed by atoms with Crippen LogP contribution in [-0.2, 0) is 4.79 Å². The van der Waals surface area contributed by atoms with Crippen LogP contribution in [0.2, 0.25) is 10.0 Å². The lowest BCUT2D eigenvalue weighted by atomic mass is 10.1. The standard InChI is InChI=1S/C15H13Cl2NO3S/c16-9-3-1-8(2-4-9)14(13(19)15(20)21)22-12-6-5-10(17)7-11(12)18/h1-7,13-14,19H,18H2,(H,20,21). The lowest BCUT2D eigenvalue weighted by molar-refractivity contribution is -0.146. The predicted molar refractivity (Wildman–Crippen MR) is 89.6 cm³/mol. The van der Waals surface area contributed by atoms with E-state index in [2.05, 4.69) is 0 Å². The second kappa shape index (κ2) is 7.24. The van der Waals surface area contributed by atoms with Crippen molar-refractivity contribution in [3.8, 4) is 0 Å². The van der Waals surface area contributed by atoms with Gasteiger partial charge in [-0.25, -0.2) is 4.79 Å². The second-order valence-corrected chi connectivity index (χ2v) is 6.61. The summed E-state index contributed by atoms with van der Waals surface area (Å²) in [6, 6.07) is 11.6. The largest absolute Gasteiger partial charge is 0.479 e. The van der Waals surface area contributed by atoms with Crippen LogP contribution in [0.3, 0.4) is 0 Å². The zero-order valence-electron chi connectivity index (χ0n) is 11.2. The van der Waals surface area contributed by atoms with Crippen molar-refractivity contribution in [1.82, 2.24) is 0 Å². The summed E-state index contributed by atoms with van der Waals surface area (Å²) >= 11 is 12.9. The molecule has 2 atom stereocenters. The molecule has 4 N–H and O–H groups in total. The summed E-state index contributed by atoms with van der Waals surface area (Å²) < 4.78 is 0. The summed E-state index contributed by atoms with van der Waals surface area (Å²) in [5.74, 6) is -1.31. The molecule has 4 nitrogen and oxygen atoms in total. The Kier molecular flexibility index (Phi) is 5.58. The number of carboxylic acid groups (broad SMARTS) is 1. The Bertz CT molecular complexity index is 679. The third-order valence-electron chi connectivity index (χ3n) is 2.96. The number of thioether (sulfide) groups is 1. The maximum atomic E-state index is 11.2. The molecular weight excluding hydrogens is 345 g/mol. The molecule has 0 aliphatic rings. The lowest BCUT2D eigenvalue weighted by Gasteiger charge is -2.21. The number of nitrogens with two attached hydrogens (primary N) is 1. The normalized spacial score (nSPS) is 13.6. The van der Waals surface area contributed by atoms with E-state index in [1.54, 1.807) is 42.5 Å². The van der Waals surface area contributed by atoms with E-state index in [4.69, 9.17) is 34.0 Å². The van der Waals surface area contributed by atoms with E-state index in [9.17, 15) is 9.90 Å². The van der Waals surface area contributed by atoms with E-state index in [1.165, 1.54) is 0 Å². The van der Waals surface area contributed by atoms with Crippen LogP contribution in [0, 0.1) is 0 Å². The van der Waals surface area contributed by atoms with Gasteiger partial charge >= 0.3 is 5.97 Å². The molecule has 0 aliphatic carbocycles. The quantitative estimate of drug-likeness (QED) is 0.559. The number of aliphatic hydroxyl groups is 1. The number of benzene rings is 2. The number of rotatable bonds is 5. The van der Waals surface area contributed by atoms with Gasteiger partial charge in [-0.05, 0) is 35.9 Å². The number of aliphatic hydroxyl groups excluding tert-OH is 1. The molecule has 0 aliphatic heterocycles. The zero-order chi connectivity index (χ0) is 16.3. The summed E-state index contributed by atoms with van der Waals surface area (Å²) in [5, 5.41) is 19.4. The van der Waals surface area contributed by atoms with Crippen LogP contribution in [0.1, 0.15) is 10.8 Å². The van der Waals surface area contributed by atoms with Crippen molar-refractivity contribution in [2.24, 2.45) is 0 Å². The van der Waals surface area contributed by atoms with Crippen molar-refractivity contribution in [2.45, 2.75) is 16.2 Å². The number of halogens is 2. The number of nitrogen functional groups attached to an aromatic ring is 1. The smallest absolute Gasteiger partial charge is 0.334 e. The third kappa shape index (κ3) is 4.08. The molecule has 0 amide bonds. The molecule has 0 heterocycles. The van der Waals surface area contributed by atoms with Gasteiger partial charge in [0.25, 0.3) is 0 Å². The van der Waals surface area contributed by atoms with Crippen molar-refractivity contribution < 1.29 is 15.0 Å². The second-order valence-electron chi connectivity index (χ2n) is 4.56. The van der Waals surface area contributed by atoms with E-state index < -0.39 is 17.3 Å². The van der Waals surface area contributed by atoms with Gasteiger partial charge < -0.3 is 15.9 Å². The summed E-state index contributed by atoms with van der Waals surface area (Å²) in [6.07, 6.45) is -1.58. The number of hydrogen-bond acceptors (Lipinski definition) is 4. The average molecular weight is 358 g/mol. The molecule has 0 saturated heterocycles. The van der Waals surface area contributed by atoms with Crippen molar-refractivity contribution in [1.29, 1.82) is 0 Å². The van der Waals surface area contributed by atoms with E-state index >= 15 is 0 Å². The molecule has 0 aromatic heterocycles. The van der Waals surface area contributed by atoms with Crippen molar-refractivity contribution in [2.75, 3.05) is 5.73 Å². The molecule has 0 radical (unpaired) electrons. The molecule has 2 aromatic rings. The Morgan fingerprint density at radius 2 is 1.68 bits per heavy atom. The van der Waals surface area contributed by atoms with Gasteiger partial charge in [-0.1, -0.05) is 35.3 Å². The van der Waals surface area contributed by atoms with E-state index in [0.717, 1.165) is 11.8 Å². The van der Waals surface area contributed by atoms with Crippen molar-refractivity contribution >= 4 is 46.6 Å². The molecule has 7 heteroatoms. The number of aliphatic carboxylic acids is 1. The van der Waals surface area contributed by atoms with Crippen LogP contribution in [-0.4, -0.2) is 22.3 Å². The molecule has 0 spiro atoms. The van der Waals surface area contributed by atoms with Gasteiger partial charge in [0.1, 0.15) is 0 Å².